The second-order valence-corrected chi connectivity index (χ2v) is 4.57. The van der Waals surface area contributed by atoms with Crippen molar-refractivity contribution in [2.24, 2.45) is 5.92 Å². The Balaban J connectivity index is 2.76. The van der Waals surface area contributed by atoms with Gasteiger partial charge in [-0.2, -0.15) is 0 Å². The number of rotatable bonds is 5. The van der Waals surface area contributed by atoms with Crippen LogP contribution in [-0.4, -0.2) is 29.1 Å². The first-order valence-electron chi connectivity index (χ1n) is 5.59. The molecule has 1 aromatic carbocycles. The first-order valence-corrected chi connectivity index (χ1v) is 5.59. The molecule has 0 heterocycles. The molecule has 0 fully saturated rings. The summed E-state index contributed by atoms with van der Waals surface area (Å²) in [5.74, 6) is -1.14. The van der Waals surface area contributed by atoms with Gasteiger partial charge in [-0.1, -0.05) is 26.0 Å². The highest BCUT2D eigenvalue weighted by Crippen LogP contribution is 2.14. The summed E-state index contributed by atoms with van der Waals surface area (Å²) < 4.78 is 13.0. The fourth-order valence-corrected chi connectivity index (χ4v) is 2.00. The van der Waals surface area contributed by atoms with E-state index in [1.54, 1.807) is 24.1 Å². The summed E-state index contributed by atoms with van der Waals surface area (Å²) in [7, 11) is 1.74. The highest BCUT2D eigenvalue weighted by molar-refractivity contribution is 5.73. The predicted molar refractivity (Wildman–Crippen MR) is 64.1 cm³/mol. The summed E-state index contributed by atoms with van der Waals surface area (Å²) in [4.78, 5) is 12.8. The van der Waals surface area contributed by atoms with Gasteiger partial charge in [-0.25, -0.2) is 4.39 Å². The van der Waals surface area contributed by atoms with Crippen LogP contribution >= 0.6 is 0 Å². The van der Waals surface area contributed by atoms with E-state index in [4.69, 9.17) is 5.11 Å². The molecular weight excluding hydrogens is 221 g/mol. The molecule has 0 bridgehead atoms. The molecule has 1 N–H and O–H groups in total. The molecule has 0 radical (unpaired) electrons. The molecule has 1 aromatic rings. The number of nitrogens with zero attached hydrogens (tertiary/aromatic N) is 1. The smallest absolute Gasteiger partial charge is 0.321 e. The van der Waals surface area contributed by atoms with E-state index in [0.717, 1.165) is 5.56 Å². The van der Waals surface area contributed by atoms with Crippen LogP contribution in [0.2, 0.25) is 0 Å². The lowest BCUT2D eigenvalue weighted by Crippen LogP contribution is -2.41. The Hall–Kier alpha value is -1.42. The molecule has 17 heavy (non-hydrogen) atoms. The highest BCUT2D eigenvalue weighted by Gasteiger charge is 2.25. The van der Waals surface area contributed by atoms with Crippen LogP contribution in [0.5, 0.6) is 0 Å². The molecule has 0 amide bonds. The fraction of sp³-hybridized carbons (Fsp3) is 0.462. The lowest BCUT2D eigenvalue weighted by atomic mass is 10.0. The van der Waals surface area contributed by atoms with Crippen molar-refractivity contribution < 1.29 is 14.3 Å². The van der Waals surface area contributed by atoms with Crippen LogP contribution in [0.4, 0.5) is 4.39 Å². The molecule has 0 aliphatic rings. The minimum Gasteiger partial charge on any atom is -0.480 e. The molecule has 1 atom stereocenters. The third-order valence-corrected chi connectivity index (χ3v) is 2.68. The number of carboxylic acids is 1. The third kappa shape index (κ3) is 3.82. The average Bonchev–Trinajstić information content (AvgIpc) is 2.15. The maximum atomic E-state index is 13.0. The number of carbonyl (C=O) groups is 1. The Bertz CT molecular complexity index is 393. The first-order chi connectivity index (χ1) is 7.91. The summed E-state index contributed by atoms with van der Waals surface area (Å²) in [5.41, 5.74) is 0.777. The van der Waals surface area contributed by atoms with Gasteiger partial charge in [-0.05, 0) is 30.7 Å². The number of carboxylic acid groups (broad SMARTS) is 1. The average molecular weight is 239 g/mol. The fourth-order valence-electron chi connectivity index (χ4n) is 2.00. The van der Waals surface area contributed by atoms with E-state index in [1.165, 1.54) is 12.1 Å². The van der Waals surface area contributed by atoms with Gasteiger partial charge in [0.05, 0.1) is 0 Å². The van der Waals surface area contributed by atoms with Crippen molar-refractivity contribution in [3.8, 4) is 0 Å². The molecular formula is C13H18FNO2. The number of halogens is 1. The van der Waals surface area contributed by atoms with Gasteiger partial charge >= 0.3 is 5.97 Å². The standard InChI is InChI=1S/C13H18FNO2/c1-9(2)12(13(16)17)15(3)8-10-5-4-6-11(14)7-10/h4-7,9,12H,8H2,1-3H3,(H,16,17). The topological polar surface area (TPSA) is 40.5 Å². The summed E-state index contributed by atoms with van der Waals surface area (Å²) in [5, 5.41) is 9.13. The van der Waals surface area contributed by atoms with Gasteiger partial charge < -0.3 is 5.11 Å². The molecule has 1 unspecified atom stereocenters. The lowest BCUT2D eigenvalue weighted by Gasteiger charge is -2.27. The van der Waals surface area contributed by atoms with Crippen molar-refractivity contribution in [2.45, 2.75) is 26.4 Å². The van der Waals surface area contributed by atoms with Crippen molar-refractivity contribution in [1.82, 2.24) is 4.90 Å². The number of hydrogen-bond acceptors (Lipinski definition) is 2. The molecule has 0 aliphatic heterocycles. The monoisotopic (exact) mass is 239 g/mol. The van der Waals surface area contributed by atoms with Crippen LogP contribution in [-0.2, 0) is 11.3 Å². The van der Waals surface area contributed by atoms with Crippen LogP contribution in [0.25, 0.3) is 0 Å². The first kappa shape index (κ1) is 13.6. The Morgan fingerprint density at radius 1 is 1.47 bits per heavy atom. The van der Waals surface area contributed by atoms with Crippen LogP contribution in [0, 0.1) is 11.7 Å². The number of aliphatic carboxylic acids is 1. The quantitative estimate of drug-likeness (QED) is 0.857. The van der Waals surface area contributed by atoms with Crippen molar-refractivity contribution in [2.75, 3.05) is 7.05 Å². The molecule has 4 heteroatoms. The maximum Gasteiger partial charge on any atom is 0.321 e. The molecule has 0 aliphatic carbocycles. The third-order valence-electron chi connectivity index (χ3n) is 2.68. The molecule has 0 spiro atoms. The van der Waals surface area contributed by atoms with Gasteiger partial charge in [0, 0.05) is 6.54 Å². The predicted octanol–water partition coefficient (Wildman–Crippen LogP) is 2.37. The molecule has 94 valence electrons. The summed E-state index contributed by atoms with van der Waals surface area (Å²) in [6.45, 7) is 4.15. The van der Waals surface area contributed by atoms with Crippen LogP contribution in [0.15, 0.2) is 24.3 Å². The van der Waals surface area contributed by atoms with E-state index in [9.17, 15) is 9.18 Å². The minimum absolute atomic E-state index is 0.00561. The van der Waals surface area contributed by atoms with E-state index in [2.05, 4.69) is 0 Å². The maximum absolute atomic E-state index is 13.0. The van der Waals surface area contributed by atoms with Gasteiger partial charge in [0.25, 0.3) is 0 Å². The molecule has 1 rings (SSSR count). The van der Waals surface area contributed by atoms with Gasteiger partial charge in [0.1, 0.15) is 11.9 Å². The van der Waals surface area contributed by atoms with E-state index in [0.29, 0.717) is 6.54 Å². The summed E-state index contributed by atoms with van der Waals surface area (Å²) >= 11 is 0. The van der Waals surface area contributed by atoms with Gasteiger partial charge in [0.2, 0.25) is 0 Å². The van der Waals surface area contributed by atoms with Crippen molar-refractivity contribution in [3.05, 3.63) is 35.6 Å². The largest absolute Gasteiger partial charge is 0.480 e. The van der Waals surface area contributed by atoms with Crippen molar-refractivity contribution >= 4 is 5.97 Å². The number of hydrogen-bond donors (Lipinski definition) is 1. The highest BCUT2D eigenvalue weighted by atomic mass is 19.1. The Labute approximate surface area is 101 Å². The zero-order valence-corrected chi connectivity index (χ0v) is 10.4. The van der Waals surface area contributed by atoms with Crippen LogP contribution < -0.4 is 0 Å². The minimum atomic E-state index is -0.848. The second-order valence-electron chi connectivity index (χ2n) is 4.57. The van der Waals surface area contributed by atoms with E-state index < -0.39 is 12.0 Å². The summed E-state index contributed by atoms with van der Waals surface area (Å²) in [6, 6.07) is 5.66. The van der Waals surface area contributed by atoms with Gasteiger partial charge in [-0.15, -0.1) is 0 Å². The van der Waals surface area contributed by atoms with Gasteiger partial charge in [-0.3, -0.25) is 9.69 Å². The zero-order chi connectivity index (χ0) is 13.0. The molecule has 0 saturated carbocycles. The van der Waals surface area contributed by atoms with Crippen molar-refractivity contribution in [1.29, 1.82) is 0 Å². The lowest BCUT2D eigenvalue weighted by molar-refractivity contribution is -0.144. The summed E-state index contributed by atoms with van der Waals surface area (Å²) in [6.07, 6.45) is 0. The molecule has 0 saturated heterocycles. The van der Waals surface area contributed by atoms with Gasteiger partial charge in [0.15, 0.2) is 0 Å². The van der Waals surface area contributed by atoms with E-state index in [-0.39, 0.29) is 11.7 Å². The second kappa shape index (κ2) is 5.77. The number of likely N-dealkylation sites (N-methyl/N-ethyl adjacent to an activating group) is 1. The Kier molecular flexibility index (Phi) is 4.63. The normalized spacial score (nSPS) is 13.1. The molecule has 0 aromatic heterocycles. The van der Waals surface area contributed by atoms with E-state index >= 15 is 0 Å². The zero-order valence-electron chi connectivity index (χ0n) is 10.4. The SMILES string of the molecule is CC(C)C(C(=O)O)N(C)Cc1cccc(F)c1. The number of benzene rings is 1. The Morgan fingerprint density at radius 2 is 2.12 bits per heavy atom. The Morgan fingerprint density at radius 3 is 2.59 bits per heavy atom. The molecule has 3 nitrogen and oxygen atoms in total. The van der Waals surface area contributed by atoms with Crippen molar-refractivity contribution in [3.63, 3.8) is 0 Å². The van der Waals surface area contributed by atoms with E-state index in [1.807, 2.05) is 13.8 Å². The van der Waals surface area contributed by atoms with Crippen LogP contribution in [0.1, 0.15) is 19.4 Å². The van der Waals surface area contributed by atoms with Crippen LogP contribution in [0.3, 0.4) is 0 Å².